The minimum Gasteiger partial charge on any atom is -0.444 e. The zero-order valence-electron chi connectivity index (χ0n) is 15.6. The van der Waals surface area contributed by atoms with Crippen LogP contribution in [0.25, 0.3) is 0 Å². The Morgan fingerprint density at radius 1 is 1.04 bits per heavy atom. The number of ether oxygens (including phenoxy) is 1. The van der Waals surface area contributed by atoms with Crippen molar-refractivity contribution in [1.29, 1.82) is 0 Å². The van der Waals surface area contributed by atoms with Crippen molar-refractivity contribution in [3.05, 3.63) is 29.8 Å². The first-order valence-electron chi connectivity index (χ1n) is 8.12. The Balaban J connectivity index is 2.67. The van der Waals surface area contributed by atoms with Gasteiger partial charge < -0.3 is 15.0 Å². The van der Waals surface area contributed by atoms with Crippen LogP contribution >= 0.6 is 0 Å². The Hall–Kier alpha value is -1.92. The van der Waals surface area contributed by atoms with E-state index < -0.39 is 29.0 Å². The minimum absolute atomic E-state index is 0.361. The number of carbonyl (C=O) groups is 1. The molecule has 0 spiro atoms. The summed E-state index contributed by atoms with van der Waals surface area (Å²) in [6.45, 7) is 11.8. The number of halogens is 3. The molecular weight excluding hydrogens is 333 g/mol. The molecule has 7 heteroatoms. The van der Waals surface area contributed by atoms with Crippen LogP contribution < -0.4 is 5.32 Å². The van der Waals surface area contributed by atoms with Crippen LogP contribution in [0.4, 0.5) is 23.7 Å². The molecule has 1 aromatic carbocycles. The van der Waals surface area contributed by atoms with E-state index in [1.54, 1.807) is 25.7 Å². The molecule has 0 aliphatic carbocycles. The maximum absolute atomic E-state index is 12.6. The van der Waals surface area contributed by atoms with Gasteiger partial charge in [0.05, 0.1) is 5.56 Å². The van der Waals surface area contributed by atoms with Gasteiger partial charge in [0.1, 0.15) is 5.60 Å². The highest BCUT2D eigenvalue weighted by Gasteiger charge is 2.31. The van der Waals surface area contributed by atoms with Crippen molar-refractivity contribution in [3.63, 3.8) is 0 Å². The van der Waals surface area contributed by atoms with Crippen LogP contribution in [0.2, 0.25) is 0 Å². The van der Waals surface area contributed by atoms with Crippen molar-refractivity contribution in [1.82, 2.24) is 4.90 Å². The minimum atomic E-state index is -4.35. The summed E-state index contributed by atoms with van der Waals surface area (Å²) in [5, 5.41) is 3.03. The molecule has 0 aliphatic rings. The second kappa shape index (κ2) is 7.54. The Morgan fingerprint density at radius 3 is 1.96 bits per heavy atom. The van der Waals surface area contributed by atoms with Crippen molar-refractivity contribution in [2.45, 2.75) is 58.9 Å². The van der Waals surface area contributed by atoms with Crippen LogP contribution in [0.1, 0.15) is 47.1 Å². The summed E-state index contributed by atoms with van der Waals surface area (Å²) in [6, 6.07) is 4.80. The summed E-state index contributed by atoms with van der Waals surface area (Å²) in [5.74, 6) is 0. The summed E-state index contributed by atoms with van der Waals surface area (Å²) >= 11 is 0. The monoisotopic (exact) mass is 360 g/mol. The quantitative estimate of drug-likeness (QED) is 0.807. The summed E-state index contributed by atoms with van der Waals surface area (Å²) in [6.07, 6.45) is -4.77. The molecule has 0 radical (unpaired) electrons. The Bertz CT molecular complexity index is 570. The second-order valence-corrected chi connectivity index (χ2v) is 7.80. The maximum atomic E-state index is 12.6. The zero-order chi connectivity index (χ0) is 19.5. The summed E-state index contributed by atoms with van der Waals surface area (Å²) in [5.41, 5.74) is -1.17. The molecule has 0 saturated carbocycles. The van der Waals surface area contributed by atoms with Crippen molar-refractivity contribution < 1.29 is 22.7 Å². The molecule has 142 valence electrons. The average molecular weight is 360 g/mol. The normalized spacial score (nSPS) is 12.7. The topological polar surface area (TPSA) is 41.6 Å². The number of carbonyl (C=O) groups excluding carboxylic acids is 1. The van der Waals surface area contributed by atoms with Crippen LogP contribution in [-0.4, -0.2) is 35.2 Å². The molecule has 25 heavy (non-hydrogen) atoms. The highest BCUT2D eigenvalue weighted by Crippen LogP contribution is 2.29. The molecule has 1 rings (SSSR count). The number of amides is 1. The summed E-state index contributed by atoms with van der Waals surface area (Å²) < 4.78 is 43.1. The molecule has 0 saturated heterocycles. The number of anilines is 1. The van der Waals surface area contributed by atoms with E-state index in [0.717, 1.165) is 12.1 Å². The number of benzene rings is 1. The van der Waals surface area contributed by atoms with Crippen molar-refractivity contribution in [2.24, 2.45) is 0 Å². The van der Waals surface area contributed by atoms with Crippen LogP contribution in [-0.2, 0) is 10.9 Å². The number of nitrogens with one attached hydrogen (secondary N) is 1. The summed E-state index contributed by atoms with van der Waals surface area (Å²) in [4.78, 5) is 13.9. The molecule has 4 nitrogen and oxygen atoms in total. The van der Waals surface area contributed by atoms with Gasteiger partial charge in [0, 0.05) is 24.3 Å². The van der Waals surface area contributed by atoms with E-state index in [4.69, 9.17) is 4.74 Å². The van der Waals surface area contributed by atoms with Gasteiger partial charge in [-0.2, -0.15) is 13.2 Å². The van der Waals surface area contributed by atoms with Crippen molar-refractivity contribution >= 4 is 11.8 Å². The molecule has 1 amide bonds. The first-order valence-corrected chi connectivity index (χ1v) is 8.12. The van der Waals surface area contributed by atoms with E-state index in [0.29, 0.717) is 18.8 Å². The molecule has 0 heterocycles. The SMILES string of the molecule is CC(C)(C)OC(=O)N(CCNc1ccc(C(F)(F)F)cc1)C(C)(C)C. The van der Waals surface area contributed by atoms with Crippen LogP contribution in [0, 0.1) is 0 Å². The maximum Gasteiger partial charge on any atom is 0.416 e. The lowest BCUT2D eigenvalue weighted by Gasteiger charge is -2.37. The molecule has 1 aromatic rings. The number of hydrogen-bond acceptors (Lipinski definition) is 3. The zero-order valence-corrected chi connectivity index (χ0v) is 15.6. The highest BCUT2D eigenvalue weighted by molar-refractivity contribution is 5.69. The fourth-order valence-electron chi connectivity index (χ4n) is 2.11. The highest BCUT2D eigenvalue weighted by atomic mass is 19.4. The third-order valence-corrected chi connectivity index (χ3v) is 3.30. The largest absolute Gasteiger partial charge is 0.444 e. The van der Waals surface area contributed by atoms with Gasteiger partial charge >= 0.3 is 12.3 Å². The van der Waals surface area contributed by atoms with Gasteiger partial charge in [-0.25, -0.2) is 4.79 Å². The van der Waals surface area contributed by atoms with Crippen molar-refractivity contribution in [2.75, 3.05) is 18.4 Å². The second-order valence-electron chi connectivity index (χ2n) is 7.80. The fourth-order valence-corrected chi connectivity index (χ4v) is 2.11. The first-order chi connectivity index (χ1) is 11.2. The van der Waals surface area contributed by atoms with Crippen LogP contribution in [0.15, 0.2) is 24.3 Å². The van der Waals surface area contributed by atoms with E-state index in [1.165, 1.54) is 12.1 Å². The molecule has 0 bridgehead atoms. The van der Waals surface area contributed by atoms with Crippen LogP contribution in [0.3, 0.4) is 0 Å². The number of alkyl halides is 3. The predicted octanol–water partition coefficient (Wildman–Crippen LogP) is 5.15. The number of hydrogen-bond donors (Lipinski definition) is 1. The van der Waals surface area contributed by atoms with Crippen LogP contribution in [0.5, 0.6) is 0 Å². The van der Waals surface area contributed by atoms with Gasteiger partial charge in [-0.3, -0.25) is 0 Å². The Morgan fingerprint density at radius 2 is 1.56 bits per heavy atom. The lowest BCUT2D eigenvalue weighted by Crippen LogP contribution is -2.49. The Labute approximate surface area is 147 Å². The molecule has 1 N–H and O–H groups in total. The van der Waals surface area contributed by atoms with E-state index in [-0.39, 0.29) is 0 Å². The lowest BCUT2D eigenvalue weighted by molar-refractivity contribution is -0.137. The molecule has 0 aliphatic heterocycles. The average Bonchev–Trinajstić information content (AvgIpc) is 2.39. The van der Waals surface area contributed by atoms with E-state index in [1.807, 2.05) is 20.8 Å². The first kappa shape index (κ1) is 21.1. The predicted molar refractivity (Wildman–Crippen MR) is 92.6 cm³/mol. The third-order valence-electron chi connectivity index (χ3n) is 3.30. The molecule has 0 atom stereocenters. The molecule has 0 unspecified atom stereocenters. The Kier molecular flexibility index (Phi) is 6.37. The summed E-state index contributed by atoms with van der Waals surface area (Å²) in [7, 11) is 0. The number of rotatable bonds is 4. The van der Waals surface area contributed by atoms with E-state index in [2.05, 4.69) is 5.32 Å². The standard InChI is InChI=1S/C18H27F3N2O2/c1-16(2,3)23(15(24)25-17(4,5)6)12-11-22-14-9-7-13(8-10-14)18(19,20)21/h7-10,22H,11-12H2,1-6H3. The molecule has 0 aromatic heterocycles. The van der Waals surface area contributed by atoms with E-state index >= 15 is 0 Å². The van der Waals surface area contributed by atoms with Gasteiger partial charge in [0.15, 0.2) is 0 Å². The van der Waals surface area contributed by atoms with Gasteiger partial charge in [-0.15, -0.1) is 0 Å². The van der Waals surface area contributed by atoms with Gasteiger partial charge in [0.2, 0.25) is 0 Å². The fraction of sp³-hybridized carbons (Fsp3) is 0.611. The lowest BCUT2D eigenvalue weighted by atomic mass is 10.1. The van der Waals surface area contributed by atoms with E-state index in [9.17, 15) is 18.0 Å². The number of nitrogens with zero attached hydrogens (tertiary/aromatic N) is 1. The third kappa shape index (κ3) is 7.23. The molecule has 0 fully saturated rings. The van der Waals surface area contributed by atoms with Gasteiger partial charge in [0.25, 0.3) is 0 Å². The molecular formula is C18H27F3N2O2. The van der Waals surface area contributed by atoms with Gasteiger partial charge in [-0.05, 0) is 65.8 Å². The van der Waals surface area contributed by atoms with Gasteiger partial charge in [-0.1, -0.05) is 0 Å². The van der Waals surface area contributed by atoms with Crippen molar-refractivity contribution in [3.8, 4) is 0 Å². The smallest absolute Gasteiger partial charge is 0.416 e.